The van der Waals surface area contributed by atoms with E-state index in [-0.39, 0.29) is 11.9 Å². The van der Waals surface area contributed by atoms with Crippen LogP contribution >= 0.6 is 0 Å². The summed E-state index contributed by atoms with van der Waals surface area (Å²) >= 11 is 0. The number of hydrogen-bond donors (Lipinski definition) is 0. The van der Waals surface area contributed by atoms with E-state index in [9.17, 15) is 4.79 Å². The van der Waals surface area contributed by atoms with Crippen LogP contribution in [0.1, 0.15) is 61.0 Å². The van der Waals surface area contributed by atoms with Gasteiger partial charge >= 0.3 is 0 Å². The second kappa shape index (κ2) is 8.11. The summed E-state index contributed by atoms with van der Waals surface area (Å²) in [6.45, 7) is 8.70. The van der Waals surface area contributed by atoms with E-state index in [1.54, 1.807) is 0 Å². The van der Waals surface area contributed by atoms with Crippen molar-refractivity contribution in [1.82, 2.24) is 0 Å². The highest BCUT2D eigenvalue weighted by atomic mass is 16.5. The van der Waals surface area contributed by atoms with Crippen LogP contribution in [0.15, 0.2) is 18.2 Å². The van der Waals surface area contributed by atoms with Crippen molar-refractivity contribution in [3.63, 3.8) is 0 Å². The summed E-state index contributed by atoms with van der Waals surface area (Å²) in [5, 5.41) is 0. The molecule has 0 aliphatic heterocycles. The first kappa shape index (κ1) is 15.9. The number of rotatable bonds is 8. The Balaban J connectivity index is 2.50. The molecule has 0 aliphatic rings. The van der Waals surface area contributed by atoms with Crippen molar-refractivity contribution in [2.45, 2.75) is 59.5 Å². The molecule has 0 bridgehead atoms. The number of hydrogen-bond acceptors (Lipinski definition) is 2. The third kappa shape index (κ3) is 5.15. The number of aryl methyl sites for hydroxylation is 2. The van der Waals surface area contributed by atoms with E-state index in [0.717, 1.165) is 23.1 Å². The van der Waals surface area contributed by atoms with Crippen molar-refractivity contribution in [3.8, 4) is 0 Å². The normalized spacial score (nSPS) is 12.4. The monoisotopic (exact) mass is 262 g/mol. The average Bonchev–Trinajstić information content (AvgIpc) is 2.40. The highest BCUT2D eigenvalue weighted by molar-refractivity contribution is 6.00. The van der Waals surface area contributed by atoms with Crippen molar-refractivity contribution in [3.05, 3.63) is 34.9 Å². The molecular formula is C17H26O2. The Morgan fingerprint density at radius 2 is 1.95 bits per heavy atom. The van der Waals surface area contributed by atoms with Crippen LogP contribution in [0.3, 0.4) is 0 Å². The molecule has 0 fully saturated rings. The van der Waals surface area contributed by atoms with Crippen LogP contribution in [0, 0.1) is 13.8 Å². The molecule has 0 aromatic heterocycles. The first-order valence-corrected chi connectivity index (χ1v) is 7.29. The van der Waals surface area contributed by atoms with Crippen LogP contribution in [0.25, 0.3) is 0 Å². The maximum Gasteiger partial charge on any atom is 0.191 e. The molecule has 0 spiro atoms. The molecule has 106 valence electrons. The van der Waals surface area contributed by atoms with Gasteiger partial charge in [0.1, 0.15) is 6.10 Å². The maximum absolute atomic E-state index is 12.3. The summed E-state index contributed by atoms with van der Waals surface area (Å²) in [6, 6.07) is 5.98. The van der Waals surface area contributed by atoms with Crippen molar-refractivity contribution in [1.29, 1.82) is 0 Å². The van der Waals surface area contributed by atoms with Crippen molar-refractivity contribution in [2.24, 2.45) is 0 Å². The Labute approximate surface area is 117 Å². The lowest BCUT2D eigenvalue weighted by molar-refractivity contribution is 0.0463. The largest absolute Gasteiger partial charge is 0.370 e. The van der Waals surface area contributed by atoms with Gasteiger partial charge in [-0.3, -0.25) is 4.79 Å². The first-order chi connectivity index (χ1) is 9.06. The number of ether oxygens (including phenoxy) is 1. The van der Waals surface area contributed by atoms with Gasteiger partial charge in [-0.25, -0.2) is 0 Å². The average molecular weight is 262 g/mol. The molecule has 0 saturated heterocycles. The summed E-state index contributed by atoms with van der Waals surface area (Å²) in [5.41, 5.74) is 2.93. The zero-order chi connectivity index (χ0) is 14.3. The molecule has 0 N–H and O–H groups in total. The molecule has 19 heavy (non-hydrogen) atoms. The summed E-state index contributed by atoms with van der Waals surface area (Å²) < 4.78 is 5.65. The van der Waals surface area contributed by atoms with E-state index in [4.69, 9.17) is 4.74 Å². The Morgan fingerprint density at radius 3 is 2.63 bits per heavy atom. The number of carbonyl (C=O) groups excluding carboxylic acids is 1. The van der Waals surface area contributed by atoms with Crippen LogP contribution in [0.2, 0.25) is 0 Å². The van der Waals surface area contributed by atoms with Gasteiger partial charge in [-0.2, -0.15) is 0 Å². The summed E-state index contributed by atoms with van der Waals surface area (Å²) in [7, 11) is 0. The van der Waals surface area contributed by atoms with Gasteiger partial charge in [-0.15, -0.1) is 0 Å². The lowest BCUT2D eigenvalue weighted by atomic mass is 9.99. The molecule has 0 amide bonds. The second-order valence-electron chi connectivity index (χ2n) is 5.26. The highest BCUT2D eigenvalue weighted by Crippen LogP contribution is 2.14. The number of carbonyl (C=O) groups is 1. The SMILES string of the molecule is CCCCCCOC(C)C(=O)c1cc(C)ccc1C. The highest BCUT2D eigenvalue weighted by Gasteiger charge is 2.17. The lowest BCUT2D eigenvalue weighted by Gasteiger charge is -2.14. The topological polar surface area (TPSA) is 26.3 Å². The van der Waals surface area contributed by atoms with Gasteiger partial charge in [-0.05, 0) is 38.8 Å². The molecule has 1 atom stereocenters. The fourth-order valence-corrected chi connectivity index (χ4v) is 2.08. The van der Waals surface area contributed by atoms with Crippen LogP contribution in [-0.4, -0.2) is 18.5 Å². The fourth-order valence-electron chi connectivity index (χ4n) is 2.08. The van der Waals surface area contributed by atoms with E-state index < -0.39 is 0 Å². The van der Waals surface area contributed by atoms with E-state index in [2.05, 4.69) is 6.92 Å². The molecular weight excluding hydrogens is 236 g/mol. The van der Waals surface area contributed by atoms with E-state index in [1.807, 2.05) is 39.0 Å². The molecule has 1 unspecified atom stereocenters. The molecule has 0 radical (unpaired) electrons. The van der Waals surface area contributed by atoms with Crippen molar-refractivity contribution >= 4 is 5.78 Å². The first-order valence-electron chi connectivity index (χ1n) is 7.29. The zero-order valence-electron chi connectivity index (χ0n) is 12.7. The lowest BCUT2D eigenvalue weighted by Crippen LogP contribution is -2.22. The Kier molecular flexibility index (Phi) is 6.79. The summed E-state index contributed by atoms with van der Waals surface area (Å²) in [5.74, 6) is 0.0942. The minimum atomic E-state index is -0.345. The molecule has 1 rings (SSSR count). The zero-order valence-corrected chi connectivity index (χ0v) is 12.7. The van der Waals surface area contributed by atoms with E-state index in [0.29, 0.717) is 6.61 Å². The van der Waals surface area contributed by atoms with Gasteiger partial charge in [0.05, 0.1) is 0 Å². The standard InChI is InChI=1S/C17H26O2/c1-5-6-7-8-11-19-15(4)17(18)16-12-13(2)9-10-14(16)3/h9-10,12,15H,5-8,11H2,1-4H3. The predicted octanol–water partition coefficient (Wildman–Crippen LogP) is 4.47. The molecule has 0 aliphatic carbocycles. The smallest absolute Gasteiger partial charge is 0.191 e. The number of benzene rings is 1. The third-order valence-corrected chi connectivity index (χ3v) is 3.39. The molecule has 2 heteroatoms. The molecule has 1 aromatic carbocycles. The minimum absolute atomic E-state index is 0.0942. The van der Waals surface area contributed by atoms with Gasteiger partial charge in [0.2, 0.25) is 0 Å². The van der Waals surface area contributed by atoms with E-state index in [1.165, 1.54) is 19.3 Å². The third-order valence-electron chi connectivity index (χ3n) is 3.39. The summed E-state index contributed by atoms with van der Waals surface area (Å²) in [4.78, 5) is 12.3. The van der Waals surface area contributed by atoms with Crippen LogP contribution < -0.4 is 0 Å². The molecule has 0 saturated carbocycles. The molecule has 1 aromatic rings. The van der Waals surface area contributed by atoms with Gasteiger partial charge in [0.15, 0.2) is 5.78 Å². The Morgan fingerprint density at radius 1 is 1.21 bits per heavy atom. The number of Topliss-reactive ketones (excluding diaryl/α,β-unsaturated/α-hetero) is 1. The van der Waals surface area contributed by atoms with Crippen molar-refractivity contribution in [2.75, 3.05) is 6.61 Å². The number of ketones is 1. The van der Waals surface area contributed by atoms with Crippen molar-refractivity contribution < 1.29 is 9.53 Å². The van der Waals surface area contributed by atoms with Gasteiger partial charge in [-0.1, -0.05) is 43.9 Å². The molecule has 0 heterocycles. The number of unbranched alkanes of at least 4 members (excludes halogenated alkanes) is 3. The quantitative estimate of drug-likeness (QED) is 0.510. The van der Waals surface area contributed by atoms with Gasteiger partial charge in [0, 0.05) is 12.2 Å². The van der Waals surface area contributed by atoms with Crippen LogP contribution in [0.4, 0.5) is 0 Å². The van der Waals surface area contributed by atoms with Crippen LogP contribution in [-0.2, 0) is 4.74 Å². The van der Waals surface area contributed by atoms with Crippen LogP contribution in [0.5, 0.6) is 0 Å². The van der Waals surface area contributed by atoms with Gasteiger partial charge in [0.25, 0.3) is 0 Å². The molecule has 2 nitrogen and oxygen atoms in total. The Bertz CT molecular complexity index is 410. The predicted molar refractivity (Wildman–Crippen MR) is 79.8 cm³/mol. The Hall–Kier alpha value is -1.15. The fraction of sp³-hybridized carbons (Fsp3) is 0.588. The minimum Gasteiger partial charge on any atom is -0.370 e. The second-order valence-corrected chi connectivity index (χ2v) is 5.26. The van der Waals surface area contributed by atoms with E-state index >= 15 is 0 Å². The maximum atomic E-state index is 12.3. The summed E-state index contributed by atoms with van der Waals surface area (Å²) in [6.07, 6.45) is 4.33. The van der Waals surface area contributed by atoms with Gasteiger partial charge < -0.3 is 4.74 Å².